The number of aryl methyl sites for hydroxylation is 1. The van der Waals surface area contributed by atoms with Crippen LogP contribution in [0.15, 0.2) is 40.8 Å². The summed E-state index contributed by atoms with van der Waals surface area (Å²) in [5.41, 5.74) is 1.26. The van der Waals surface area contributed by atoms with Crippen LogP contribution in [0.3, 0.4) is 0 Å². The molecule has 22 heavy (non-hydrogen) atoms. The van der Waals surface area contributed by atoms with Gasteiger partial charge in [0.1, 0.15) is 11.5 Å². The minimum absolute atomic E-state index is 0.304. The normalized spacial score (nSPS) is 11.0. The van der Waals surface area contributed by atoms with E-state index in [9.17, 15) is 4.79 Å². The maximum atomic E-state index is 11.1. The third-order valence-electron chi connectivity index (χ3n) is 3.37. The van der Waals surface area contributed by atoms with Crippen LogP contribution in [0.4, 0.5) is 0 Å². The van der Waals surface area contributed by atoms with Gasteiger partial charge in [-0.3, -0.25) is 4.90 Å². The highest BCUT2D eigenvalue weighted by atomic mass is 16.5. The summed E-state index contributed by atoms with van der Waals surface area (Å²) in [6.07, 6.45) is 0. The number of hydrogen-bond donors (Lipinski definition) is 1. The van der Waals surface area contributed by atoms with E-state index in [2.05, 4.69) is 4.90 Å². The molecular weight excluding hydrogens is 282 g/mol. The topological polar surface area (TPSA) is 62.9 Å². The maximum absolute atomic E-state index is 11.1. The predicted octanol–water partition coefficient (Wildman–Crippen LogP) is 2.93. The van der Waals surface area contributed by atoms with Gasteiger partial charge in [-0.05, 0) is 36.8 Å². The molecular formula is C17H21NO4. The second-order valence-corrected chi connectivity index (χ2v) is 5.22. The van der Waals surface area contributed by atoms with Crippen LogP contribution >= 0.6 is 0 Å². The van der Waals surface area contributed by atoms with Crippen LogP contribution in [0, 0.1) is 6.92 Å². The minimum Gasteiger partial charge on any atom is -0.478 e. The van der Waals surface area contributed by atoms with Crippen molar-refractivity contribution in [2.75, 3.05) is 20.3 Å². The van der Waals surface area contributed by atoms with Gasteiger partial charge in [-0.15, -0.1) is 0 Å². The monoisotopic (exact) mass is 303 g/mol. The average molecular weight is 303 g/mol. The van der Waals surface area contributed by atoms with Crippen molar-refractivity contribution in [1.29, 1.82) is 0 Å². The molecule has 2 rings (SSSR count). The Morgan fingerprint density at radius 3 is 2.73 bits per heavy atom. The second kappa shape index (κ2) is 7.77. The van der Waals surface area contributed by atoms with Gasteiger partial charge in [0, 0.05) is 20.2 Å². The van der Waals surface area contributed by atoms with Gasteiger partial charge in [-0.25, -0.2) is 4.79 Å². The fraction of sp³-hybridized carbons (Fsp3) is 0.353. The fourth-order valence-electron chi connectivity index (χ4n) is 2.29. The third kappa shape index (κ3) is 4.72. The van der Waals surface area contributed by atoms with E-state index in [1.807, 2.05) is 25.1 Å². The van der Waals surface area contributed by atoms with E-state index in [1.54, 1.807) is 25.3 Å². The summed E-state index contributed by atoms with van der Waals surface area (Å²) in [5.74, 6) is 0.865. The maximum Gasteiger partial charge on any atom is 0.335 e. The number of ether oxygens (including phenoxy) is 1. The first-order chi connectivity index (χ1) is 10.6. The van der Waals surface area contributed by atoms with Crippen molar-refractivity contribution in [3.8, 4) is 0 Å². The van der Waals surface area contributed by atoms with E-state index in [-0.39, 0.29) is 0 Å². The highest BCUT2D eigenvalue weighted by molar-refractivity contribution is 5.87. The van der Waals surface area contributed by atoms with Crippen molar-refractivity contribution in [3.05, 3.63) is 59.0 Å². The summed E-state index contributed by atoms with van der Waals surface area (Å²) in [6, 6.07) is 10.9. The van der Waals surface area contributed by atoms with E-state index in [4.69, 9.17) is 14.3 Å². The standard InChI is InChI=1S/C17H21NO4/c1-13-6-7-16(22-13)12-18(8-9-21-2)11-14-4-3-5-15(10-14)17(19)20/h3-7,10H,8-9,11-12H2,1-2H3,(H,19,20). The van der Waals surface area contributed by atoms with Gasteiger partial charge < -0.3 is 14.3 Å². The molecule has 0 fully saturated rings. The van der Waals surface area contributed by atoms with E-state index < -0.39 is 5.97 Å². The Kier molecular flexibility index (Phi) is 5.75. The van der Waals surface area contributed by atoms with E-state index in [0.717, 1.165) is 23.6 Å². The predicted molar refractivity (Wildman–Crippen MR) is 82.8 cm³/mol. The van der Waals surface area contributed by atoms with Crippen molar-refractivity contribution in [2.45, 2.75) is 20.0 Å². The van der Waals surface area contributed by atoms with Crippen molar-refractivity contribution in [3.63, 3.8) is 0 Å². The molecule has 0 aliphatic carbocycles. The molecule has 0 radical (unpaired) electrons. The summed E-state index contributed by atoms with van der Waals surface area (Å²) < 4.78 is 10.8. The Balaban J connectivity index is 2.08. The first-order valence-electron chi connectivity index (χ1n) is 7.17. The molecule has 1 heterocycles. The molecule has 2 aromatic rings. The largest absolute Gasteiger partial charge is 0.478 e. The molecule has 1 aromatic heterocycles. The number of methoxy groups -OCH3 is 1. The van der Waals surface area contributed by atoms with Gasteiger partial charge >= 0.3 is 5.97 Å². The first kappa shape index (κ1) is 16.3. The Hall–Kier alpha value is -2.11. The molecule has 0 aliphatic heterocycles. The number of nitrogens with zero attached hydrogens (tertiary/aromatic N) is 1. The minimum atomic E-state index is -0.910. The van der Waals surface area contributed by atoms with Crippen LogP contribution < -0.4 is 0 Å². The van der Waals surface area contributed by atoms with E-state index in [0.29, 0.717) is 25.3 Å². The Bertz CT molecular complexity index is 621. The smallest absolute Gasteiger partial charge is 0.335 e. The number of furan rings is 1. The molecule has 0 spiro atoms. The van der Waals surface area contributed by atoms with Crippen LogP contribution in [-0.4, -0.2) is 36.2 Å². The molecule has 0 saturated carbocycles. The molecule has 0 unspecified atom stereocenters. The lowest BCUT2D eigenvalue weighted by molar-refractivity contribution is 0.0696. The zero-order valence-corrected chi connectivity index (χ0v) is 12.9. The zero-order valence-electron chi connectivity index (χ0n) is 12.9. The van der Waals surface area contributed by atoms with Crippen LogP contribution in [0.25, 0.3) is 0 Å². The van der Waals surface area contributed by atoms with Gasteiger partial charge in [-0.1, -0.05) is 12.1 Å². The number of carbonyl (C=O) groups is 1. The van der Waals surface area contributed by atoms with E-state index in [1.165, 1.54) is 0 Å². The summed E-state index contributed by atoms with van der Waals surface area (Å²) in [4.78, 5) is 13.2. The van der Waals surface area contributed by atoms with Gasteiger partial charge in [0.05, 0.1) is 18.7 Å². The van der Waals surface area contributed by atoms with Gasteiger partial charge in [-0.2, -0.15) is 0 Å². The highest BCUT2D eigenvalue weighted by Gasteiger charge is 2.11. The molecule has 5 heteroatoms. The number of benzene rings is 1. The van der Waals surface area contributed by atoms with Crippen molar-refractivity contribution in [2.24, 2.45) is 0 Å². The van der Waals surface area contributed by atoms with Crippen molar-refractivity contribution in [1.82, 2.24) is 4.90 Å². The van der Waals surface area contributed by atoms with Crippen molar-refractivity contribution >= 4 is 5.97 Å². The number of rotatable bonds is 8. The lowest BCUT2D eigenvalue weighted by Crippen LogP contribution is -2.26. The van der Waals surface area contributed by atoms with Gasteiger partial charge in [0.2, 0.25) is 0 Å². The zero-order chi connectivity index (χ0) is 15.9. The molecule has 118 valence electrons. The summed E-state index contributed by atoms with van der Waals surface area (Å²) in [5, 5.41) is 9.07. The van der Waals surface area contributed by atoms with Crippen molar-refractivity contribution < 1.29 is 19.1 Å². The SMILES string of the molecule is COCCN(Cc1cccc(C(=O)O)c1)Cc1ccc(C)o1. The number of aromatic carboxylic acids is 1. The fourth-order valence-corrected chi connectivity index (χ4v) is 2.29. The molecule has 0 aliphatic rings. The molecule has 1 N–H and O–H groups in total. The number of carboxylic acid groups (broad SMARTS) is 1. The van der Waals surface area contributed by atoms with Gasteiger partial charge in [0.25, 0.3) is 0 Å². The quantitative estimate of drug-likeness (QED) is 0.812. The summed E-state index contributed by atoms with van der Waals surface area (Å²) in [6.45, 7) is 4.57. The first-order valence-corrected chi connectivity index (χ1v) is 7.17. The van der Waals surface area contributed by atoms with Crippen LogP contribution in [-0.2, 0) is 17.8 Å². The molecule has 5 nitrogen and oxygen atoms in total. The second-order valence-electron chi connectivity index (χ2n) is 5.22. The van der Waals surface area contributed by atoms with Crippen LogP contribution in [0.1, 0.15) is 27.4 Å². The Morgan fingerprint density at radius 1 is 1.27 bits per heavy atom. The lowest BCUT2D eigenvalue weighted by atomic mass is 10.1. The number of carboxylic acids is 1. The lowest BCUT2D eigenvalue weighted by Gasteiger charge is -2.21. The number of hydrogen-bond acceptors (Lipinski definition) is 4. The molecule has 0 saturated heterocycles. The summed E-state index contributed by atoms with van der Waals surface area (Å²) in [7, 11) is 1.67. The molecule has 0 atom stereocenters. The Morgan fingerprint density at radius 2 is 2.09 bits per heavy atom. The Labute approximate surface area is 130 Å². The third-order valence-corrected chi connectivity index (χ3v) is 3.37. The van der Waals surface area contributed by atoms with Gasteiger partial charge in [0.15, 0.2) is 0 Å². The molecule has 0 bridgehead atoms. The van der Waals surface area contributed by atoms with E-state index >= 15 is 0 Å². The molecule has 1 aromatic carbocycles. The highest BCUT2D eigenvalue weighted by Crippen LogP contribution is 2.14. The summed E-state index contributed by atoms with van der Waals surface area (Å²) >= 11 is 0. The molecule has 0 amide bonds. The van der Waals surface area contributed by atoms with Crippen LogP contribution in [0.2, 0.25) is 0 Å². The average Bonchev–Trinajstić information content (AvgIpc) is 2.90. The van der Waals surface area contributed by atoms with Crippen LogP contribution in [0.5, 0.6) is 0 Å².